The van der Waals surface area contributed by atoms with Gasteiger partial charge in [-0.3, -0.25) is 4.90 Å². The van der Waals surface area contributed by atoms with E-state index in [9.17, 15) is 0 Å². The predicted molar refractivity (Wildman–Crippen MR) is 78.8 cm³/mol. The Bertz CT molecular complexity index is 333. The predicted octanol–water partition coefficient (Wildman–Crippen LogP) is 0.506. The molecule has 1 saturated carbocycles. The average molecular weight is 283 g/mol. The largest absolute Gasteiger partial charge is 0.347 e. The van der Waals surface area contributed by atoms with E-state index < -0.39 is 0 Å². The molecule has 1 N–H and O–H groups in total. The van der Waals surface area contributed by atoms with Crippen molar-refractivity contribution in [2.45, 2.75) is 50.1 Å². The second-order valence-electron chi connectivity index (χ2n) is 6.64. The van der Waals surface area contributed by atoms with Crippen LogP contribution in [0.25, 0.3) is 0 Å². The lowest BCUT2D eigenvalue weighted by Gasteiger charge is -2.49. The van der Waals surface area contributed by atoms with Gasteiger partial charge in [0.05, 0.1) is 13.2 Å². The fraction of sp³-hybridized carbons (Fsp3) is 1.00. The molecule has 20 heavy (non-hydrogen) atoms. The van der Waals surface area contributed by atoms with Crippen LogP contribution < -0.4 is 5.32 Å². The van der Waals surface area contributed by atoms with Crippen molar-refractivity contribution in [1.29, 1.82) is 0 Å². The molecule has 1 spiro atoms. The Balaban J connectivity index is 1.70. The molecule has 3 unspecified atom stereocenters. The van der Waals surface area contributed by atoms with Gasteiger partial charge in [-0.15, -0.1) is 0 Å². The fourth-order valence-electron chi connectivity index (χ4n) is 3.99. The van der Waals surface area contributed by atoms with Gasteiger partial charge < -0.3 is 19.7 Å². The van der Waals surface area contributed by atoms with E-state index in [1.54, 1.807) is 0 Å². The highest BCUT2D eigenvalue weighted by molar-refractivity contribution is 4.97. The summed E-state index contributed by atoms with van der Waals surface area (Å²) in [6.07, 6.45) is 3.18. The zero-order chi connectivity index (χ0) is 14.2. The Morgan fingerprint density at radius 2 is 1.95 bits per heavy atom. The molecule has 116 valence electrons. The molecule has 3 aliphatic rings. The van der Waals surface area contributed by atoms with E-state index in [1.807, 2.05) is 0 Å². The Morgan fingerprint density at radius 1 is 1.20 bits per heavy atom. The van der Waals surface area contributed by atoms with Crippen molar-refractivity contribution in [2.24, 2.45) is 0 Å². The molecule has 0 radical (unpaired) electrons. The standard InChI is InChI=1S/C15H29N3O2/c1-12-11-18(7-6-17(12)3)14-10-15(19-8-9-20-15)5-4-13(14)16-2/h12-14,16H,4-11H2,1-3H3. The van der Waals surface area contributed by atoms with E-state index in [-0.39, 0.29) is 5.79 Å². The molecule has 2 heterocycles. The minimum Gasteiger partial charge on any atom is -0.347 e. The van der Waals surface area contributed by atoms with Crippen molar-refractivity contribution in [1.82, 2.24) is 15.1 Å². The molecule has 0 bridgehead atoms. The van der Waals surface area contributed by atoms with E-state index in [0.29, 0.717) is 18.1 Å². The molecule has 3 rings (SSSR count). The van der Waals surface area contributed by atoms with Gasteiger partial charge in [0, 0.05) is 50.6 Å². The number of nitrogens with zero attached hydrogens (tertiary/aromatic N) is 2. The van der Waals surface area contributed by atoms with Crippen LogP contribution in [0, 0.1) is 0 Å². The lowest BCUT2D eigenvalue weighted by Crippen LogP contribution is -2.62. The summed E-state index contributed by atoms with van der Waals surface area (Å²) in [7, 11) is 4.31. The van der Waals surface area contributed by atoms with Crippen LogP contribution in [-0.4, -0.2) is 80.7 Å². The summed E-state index contributed by atoms with van der Waals surface area (Å²) in [6, 6.07) is 1.72. The van der Waals surface area contributed by atoms with Crippen molar-refractivity contribution < 1.29 is 9.47 Å². The number of likely N-dealkylation sites (N-methyl/N-ethyl adjacent to an activating group) is 2. The quantitative estimate of drug-likeness (QED) is 0.799. The number of hydrogen-bond donors (Lipinski definition) is 1. The lowest BCUT2D eigenvalue weighted by atomic mass is 9.84. The van der Waals surface area contributed by atoms with Crippen LogP contribution in [0.15, 0.2) is 0 Å². The SMILES string of the molecule is CNC1CCC2(CC1N1CCN(C)C(C)C1)OCCO2. The summed E-state index contributed by atoms with van der Waals surface area (Å²) < 4.78 is 11.9. The Labute approximate surface area is 122 Å². The van der Waals surface area contributed by atoms with E-state index in [1.165, 1.54) is 0 Å². The van der Waals surface area contributed by atoms with Gasteiger partial charge in [0.2, 0.25) is 0 Å². The molecule has 0 aromatic carbocycles. The van der Waals surface area contributed by atoms with Gasteiger partial charge in [0.15, 0.2) is 5.79 Å². The first-order valence-electron chi connectivity index (χ1n) is 8.03. The molecule has 3 atom stereocenters. The lowest BCUT2D eigenvalue weighted by molar-refractivity contribution is -0.195. The molecule has 1 aliphatic carbocycles. The van der Waals surface area contributed by atoms with E-state index >= 15 is 0 Å². The number of rotatable bonds is 2. The highest BCUT2D eigenvalue weighted by atomic mass is 16.7. The summed E-state index contributed by atoms with van der Waals surface area (Å²) in [5, 5.41) is 3.52. The van der Waals surface area contributed by atoms with Crippen LogP contribution >= 0.6 is 0 Å². The average Bonchev–Trinajstić information content (AvgIpc) is 2.90. The number of hydrogen-bond acceptors (Lipinski definition) is 5. The van der Waals surface area contributed by atoms with Gasteiger partial charge in [0.25, 0.3) is 0 Å². The van der Waals surface area contributed by atoms with Crippen LogP contribution in [0.4, 0.5) is 0 Å². The van der Waals surface area contributed by atoms with Crippen molar-refractivity contribution >= 4 is 0 Å². The maximum atomic E-state index is 5.96. The third kappa shape index (κ3) is 2.74. The van der Waals surface area contributed by atoms with Crippen molar-refractivity contribution in [3.05, 3.63) is 0 Å². The topological polar surface area (TPSA) is 37.0 Å². The third-order valence-corrected chi connectivity index (χ3v) is 5.47. The second-order valence-corrected chi connectivity index (χ2v) is 6.64. The maximum Gasteiger partial charge on any atom is 0.170 e. The summed E-state index contributed by atoms with van der Waals surface area (Å²) in [5.41, 5.74) is 0. The van der Waals surface area contributed by atoms with Crippen molar-refractivity contribution in [3.8, 4) is 0 Å². The summed E-state index contributed by atoms with van der Waals surface area (Å²) in [5.74, 6) is -0.287. The molecular formula is C15H29N3O2. The molecule has 0 amide bonds. The first-order valence-corrected chi connectivity index (χ1v) is 8.03. The summed E-state index contributed by atoms with van der Waals surface area (Å²) >= 11 is 0. The zero-order valence-corrected chi connectivity index (χ0v) is 13.1. The van der Waals surface area contributed by atoms with Crippen LogP contribution in [0.2, 0.25) is 0 Å². The first kappa shape index (κ1) is 14.7. The smallest absolute Gasteiger partial charge is 0.170 e. The maximum absolute atomic E-state index is 5.96. The molecule has 2 saturated heterocycles. The van der Waals surface area contributed by atoms with Gasteiger partial charge in [0.1, 0.15) is 0 Å². The number of nitrogens with one attached hydrogen (secondary N) is 1. The third-order valence-electron chi connectivity index (χ3n) is 5.47. The van der Waals surface area contributed by atoms with Crippen molar-refractivity contribution in [3.63, 3.8) is 0 Å². The number of piperazine rings is 1. The normalized spacial score (nSPS) is 39.5. The molecule has 3 fully saturated rings. The van der Waals surface area contributed by atoms with E-state index in [0.717, 1.165) is 52.1 Å². The van der Waals surface area contributed by atoms with Gasteiger partial charge in [-0.1, -0.05) is 0 Å². The molecule has 5 heteroatoms. The minimum absolute atomic E-state index is 0.287. The van der Waals surface area contributed by atoms with Gasteiger partial charge in [-0.05, 0) is 27.4 Å². The molecule has 0 aromatic heterocycles. The fourth-order valence-corrected chi connectivity index (χ4v) is 3.99. The van der Waals surface area contributed by atoms with Crippen LogP contribution in [-0.2, 0) is 9.47 Å². The molecule has 2 aliphatic heterocycles. The molecule has 5 nitrogen and oxygen atoms in total. The zero-order valence-electron chi connectivity index (χ0n) is 13.1. The van der Waals surface area contributed by atoms with E-state index in [4.69, 9.17) is 9.47 Å². The molecular weight excluding hydrogens is 254 g/mol. The van der Waals surface area contributed by atoms with E-state index in [2.05, 4.69) is 36.1 Å². The van der Waals surface area contributed by atoms with Gasteiger partial charge in [-0.25, -0.2) is 0 Å². The Kier molecular flexibility index (Phi) is 4.34. The second kappa shape index (κ2) is 5.89. The van der Waals surface area contributed by atoms with Crippen molar-refractivity contribution in [2.75, 3.05) is 46.9 Å². The van der Waals surface area contributed by atoms with Crippen LogP contribution in [0.3, 0.4) is 0 Å². The highest BCUT2D eigenvalue weighted by Gasteiger charge is 2.47. The van der Waals surface area contributed by atoms with Gasteiger partial charge in [-0.2, -0.15) is 0 Å². The summed E-state index contributed by atoms with van der Waals surface area (Å²) in [6.45, 7) is 7.30. The van der Waals surface area contributed by atoms with Gasteiger partial charge >= 0.3 is 0 Å². The monoisotopic (exact) mass is 283 g/mol. The Morgan fingerprint density at radius 3 is 2.60 bits per heavy atom. The summed E-state index contributed by atoms with van der Waals surface area (Å²) in [4.78, 5) is 5.10. The van der Waals surface area contributed by atoms with Crippen LogP contribution in [0.5, 0.6) is 0 Å². The number of ether oxygens (including phenoxy) is 2. The highest BCUT2D eigenvalue weighted by Crippen LogP contribution is 2.38. The Hall–Kier alpha value is -0.200. The first-order chi connectivity index (χ1) is 9.63. The van der Waals surface area contributed by atoms with Crippen LogP contribution in [0.1, 0.15) is 26.2 Å². The minimum atomic E-state index is -0.287. The molecule has 0 aromatic rings.